The summed E-state index contributed by atoms with van der Waals surface area (Å²) in [5.74, 6) is -0.619. The highest BCUT2D eigenvalue weighted by Crippen LogP contribution is 2.15. The van der Waals surface area contributed by atoms with E-state index >= 15 is 0 Å². The molecule has 0 aromatic carbocycles. The maximum atomic E-state index is 11.5. The van der Waals surface area contributed by atoms with Crippen molar-refractivity contribution in [3.63, 3.8) is 0 Å². The second-order valence-corrected chi connectivity index (χ2v) is 3.67. The summed E-state index contributed by atoms with van der Waals surface area (Å²) in [6.45, 7) is 9.50. The summed E-state index contributed by atoms with van der Waals surface area (Å²) in [6.07, 6.45) is 1.48. The Bertz CT molecular complexity index is 358. The van der Waals surface area contributed by atoms with Gasteiger partial charge in [-0.1, -0.05) is 6.58 Å². The van der Waals surface area contributed by atoms with Crippen LogP contribution in [0.1, 0.15) is 20.8 Å². The molecule has 1 amide bonds. The maximum Gasteiger partial charge on any atom is 0.345 e. The van der Waals surface area contributed by atoms with Crippen LogP contribution in [0.5, 0.6) is 0 Å². The van der Waals surface area contributed by atoms with E-state index in [1.54, 1.807) is 11.8 Å². The highest BCUT2D eigenvalue weighted by molar-refractivity contribution is 6.17. The molecular formula is C11H16N2O3. The lowest BCUT2D eigenvalue weighted by Crippen LogP contribution is -2.42. The smallest absolute Gasteiger partial charge is 0.345 e. The average molecular weight is 224 g/mol. The highest BCUT2D eigenvalue weighted by atomic mass is 16.5. The lowest BCUT2D eigenvalue weighted by molar-refractivity contribution is -0.140. The van der Waals surface area contributed by atoms with Gasteiger partial charge in [0.2, 0.25) is 0 Å². The number of hydrogen-bond acceptors (Lipinski definition) is 4. The van der Waals surface area contributed by atoms with Gasteiger partial charge in [-0.15, -0.1) is 0 Å². The van der Waals surface area contributed by atoms with Gasteiger partial charge in [0, 0.05) is 12.2 Å². The molecule has 1 N–H and O–H groups in total. The largest absolute Gasteiger partial charge is 0.462 e. The van der Waals surface area contributed by atoms with Gasteiger partial charge < -0.3 is 15.0 Å². The van der Waals surface area contributed by atoms with Gasteiger partial charge in [-0.3, -0.25) is 4.79 Å². The van der Waals surface area contributed by atoms with Crippen molar-refractivity contribution in [3.05, 3.63) is 24.2 Å². The van der Waals surface area contributed by atoms with Gasteiger partial charge in [-0.25, -0.2) is 4.79 Å². The van der Waals surface area contributed by atoms with Gasteiger partial charge >= 0.3 is 5.97 Å². The second kappa shape index (κ2) is 4.83. The van der Waals surface area contributed by atoms with Crippen LogP contribution in [0.3, 0.4) is 0 Å². The van der Waals surface area contributed by atoms with Crippen molar-refractivity contribution in [2.75, 3.05) is 6.61 Å². The third kappa shape index (κ3) is 2.42. The number of carbonyl (C=O) groups is 2. The van der Waals surface area contributed by atoms with Gasteiger partial charge in [0.25, 0.3) is 5.91 Å². The van der Waals surface area contributed by atoms with E-state index in [9.17, 15) is 9.59 Å². The quantitative estimate of drug-likeness (QED) is 0.567. The molecule has 88 valence electrons. The van der Waals surface area contributed by atoms with Gasteiger partial charge in [-0.05, 0) is 20.8 Å². The zero-order valence-corrected chi connectivity index (χ0v) is 9.74. The minimum absolute atomic E-state index is 0.00273. The molecule has 0 aromatic rings. The molecule has 0 unspecified atom stereocenters. The van der Waals surface area contributed by atoms with Gasteiger partial charge in [0.1, 0.15) is 11.4 Å². The van der Waals surface area contributed by atoms with Crippen molar-refractivity contribution in [2.45, 2.75) is 26.8 Å². The second-order valence-electron chi connectivity index (χ2n) is 3.67. The number of ether oxygens (including phenoxy) is 1. The molecule has 0 spiro atoms. The molecule has 16 heavy (non-hydrogen) atoms. The Morgan fingerprint density at radius 2 is 2.25 bits per heavy atom. The predicted molar refractivity (Wildman–Crippen MR) is 59.0 cm³/mol. The predicted octanol–water partition coefficient (Wildman–Crippen LogP) is 0.745. The molecule has 0 bridgehead atoms. The summed E-state index contributed by atoms with van der Waals surface area (Å²) in [5.41, 5.74) is 0.00273. The fourth-order valence-corrected chi connectivity index (χ4v) is 1.35. The highest BCUT2D eigenvalue weighted by Gasteiger charge is 2.27. The van der Waals surface area contributed by atoms with Crippen LogP contribution in [0.15, 0.2) is 24.2 Å². The fraction of sp³-hybridized carbons (Fsp3) is 0.455. The number of esters is 1. The Kier molecular flexibility index (Phi) is 3.71. The summed E-state index contributed by atoms with van der Waals surface area (Å²) in [4.78, 5) is 24.7. The van der Waals surface area contributed by atoms with Crippen molar-refractivity contribution in [2.24, 2.45) is 0 Å². The van der Waals surface area contributed by atoms with Crippen LogP contribution in [0.2, 0.25) is 0 Å². The molecule has 1 rings (SSSR count). The van der Waals surface area contributed by atoms with E-state index in [0.29, 0.717) is 5.82 Å². The molecule has 5 nitrogen and oxygen atoms in total. The lowest BCUT2D eigenvalue weighted by Gasteiger charge is -2.31. The van der Waals surface area contributed by atoms with Gasteiger partial charge in [0.15, 0.2) is 0 Å². The Morgan fingerprint density at radius 3 is 2.75 bits per heavy atom. The van der Waals surface area contributed by atoms with Crippen LogP contribution >= 0.6 is 0 Å². The van der Waals surface area contributed by atoms with E-state index < -0.39 is 11.9 Å². The lowest BCUT2D eigenvalue weighted by atomic mass is 10.2. The molecular weight excluding hydrogens is 208 g/mol. The summed E-state index contributed by atoms with van der Waals surface area (Å²) < 4.78 is 4.79. The van der Waals surface area contributed by atoms with Crippen molar-refractivity contribution in [1.29, 1.82) is 0 Å². The first-order chi connectivity index (χ1) is 7.47. The zero-order valence-electron chi connectivity index (χ0n) is 9.74. The minimum Gasteiger partial charge on any atom is -0.462 e. The Balaban J connectivity index is 2.97. The molecule has 5 heteroatoms. The number of hydrogen-bond donors (Lipinski definition) is 1. The monoisotopic (exact) mass is 224 g/mol. The summed E-state index contributed by atoms with van der Waals surface area (Å²) in [5, 5.41) is 2.52. The van der Waals surface area contributed by atoms with Crippen LogP contribution in [0, 0.1) is 0 Å². The zero-order chi connectivity index (χ0) is 12.3. The number of amides is 1. The summed E-state index contributed by atoms with van der Waals surface area (Å²) >= 11 is 0. The van der Waals surface area contributed by atoms with E-state index in [2.05, 4.69) is 11.9 Å². The molecule has 1 aliphatic rings. The average Bonchev–Trinajstić information content (AvgIpc) is 2.17. The van der Waals surface area contributed by atoms with Gasteiger partial charge in [-0.2, -0.15) is 0 Å². The summed E-state index contributed by atoms with van der Waals surface area (Å²) in [6, 6.07) is 0.109. The molecule has 1 aliphatic heterocycles. The van der Waals surface area contributed by atoms with Crippen LogP contribution in [-0.4, -0.2) is 29.4 Å². The number of nitrogens with one attached hydrogen (secondary N) is 1. The normalized spacial score (nSPS) is 16.0. The maximum absolute atomic E-state index is 11.5. The van der Waals surface area contributed by atoms with Crippen LogP contribution in [0.25, 0.3) is 0 Å². The van der Waals surface area contributed by atoms with Crippen molar-refractivity contribution >= 4 is 11.9 Å². The summed E-state index contributed by atoms with van der Waals surface area (Å²) in [7, 11) is 0. The van der Waals surface area contributed by atoms with Crippen molar-refractivity contribution < 1.29 is 14.3 Å². The molecule has 1 heterocycles. The van der Waals surface area contributed by atoms with E-state index in [4.69, 9.17) is 4.74 Å². The number of carbonyl (C=O) groups excluding carboxylic acids is 2. The molecule has 0 aromatic heterocycles. The third-order valence-electron chi connectivity index (χ3n) is 2.13. The minimum atomic E-state index is -0.613. The molecule has 0 radical (unpaired) electrons. The first-order valence-corrected chi connectivity index (χ1v) is 5.15. The Labute approximate surface area is 94.7 Å². The molecule has 0 saturated carbocycles. The van der Waals surface area contributed by atoms with Crippen LogP contribution in [-0.2, 0) is 14.3 Å². The third-order valence-corrected chi connectivity index (χ3v) is 2.13. The molecule has 0 fully saturated rings. The first-order valence-electron chi connectivity index (χ1n) is 5.15. The van der Waals surface area contributed by atoms with Gasteiger partial charge in [0.05, 0.1) is 6.61 Å². The fourth-order valence-electron chi connectivity index (χ4n) is 1.35. The Morgan fingerprint density at radius 1 is 1.62 bits per heavy atom. The molecule has 0 atom stereocenters. The Hall–Kier alpha value is -1.78. The van der Waals surface area contributed by atoms with Crippen LogP contribution < -0.4 is 5.32 Å². The van der Waals surface area contributed by atoms with E-state index in [1.807, 2.05) is 13.8 Å². The van der Waals surface area contributed by atoms with E-state index in [1.165, 1.54) is 6.20 Å². The first kappa shape index (κ1) is 12.3. The van der Waals surface area contributed by atoms with Crippen molar-refractivity contribution in [1.82, 2.24) is 10.2 Å². The topological polar surface area (TPSA) is 58.6 Å². The van der Waals surface area contributed by atoms with Crippen LogP contribution in [0.4, 0.5) is 0 Å². The SMILES string of the molecule is C=C1NC(=O)C(C(=O)OCC)=CN1C(C)C. The molecule has 0 aliphatic carbocycles. The van der Waals surface area contributed by atoms with Crippen molar-refractivity contribution in [3.8, 4) is 0 Å². The number of rotatable bonds is 3. The number of nitrogens with zero attached hydrogens (tertiary/aromatic N) is 1. The molecule has 0 saturated heterocycles. The van der Waals surface area contributed by atoms with E-state index in [0.717, 1.165) is 0 Å². The standard InChI is InChI=1S/C11H16N2O3/c1-5-16-11(15)9-6-13(7(2)3)8(4)12-10(9)14/h6-7H,4-5H2,1-3H3,(H,12,14). The van der Waals surface area contributed by atoms with E-state index in [-0.39, 0.29) is 18.2 Å².